The monoisotopic (exact) mass is 237 g/mol. The van der Waals surface area contributed by atoms with E-state index in [0.29, 0.717) is 17.0 Å². The molecule has 2 atom stereocenters. The highest BCUT2D eigenvalue weighted by molar-refractivity contribution is 8.00. The molecule has 0 aromatic heterocycles. The average molecular weight is 237 g/mol. The summed E-state index contributed by atoms with van der Waals surface area (Å²) in [5, 5.41) is 13.7. The number of hydrogen-bond donors (Lipinski definition) is 2. The van der Waals surface area contributed by atoms with Crippen molar-refractivity contribution in [1.82, 2.24) is 0 Å². The summed E-state index contributed by atoms with van der Waals surface area (Å²) in [5.74, 6) is 1.66. The Labute approximate surface area is 101 Å². The lowest BCUT2D eigenvalue weighted by Crippen LogP contribution is -2.32. The van der Waals surface area contributed by atoms with Crippen molar-refractivity contribution in [1.29, 1.82) is 0 Å². The number of phenolic OH excluding ortho intramolecular Hbond substituents is 1. The second-order valence-electron chi connectivity index (χ2n) is 4.47. The summed E-state index contributed by atoms with van der Waals surface area (Å²) in [6, 6.07) is 6.29. The Morgan fingerprint density at radius 3 is 2.94 bits per heavy atom. The predicted octanol–water partition coefficient (Wildman–Crippen LogP) is 3.40. The van der Waals surface area contributed by atoms with Crippen LogP contribution in [0.2, 0.25) is 0 Å². The highest BCUT2D eigenvalue weighted by Gasteiger charge is 2.21. The number of aromatic hydroxyl groups is 1. The molecule has 2 unspecified atom stereocenters. The first-order valence-corrected chi connectivity index (χ1v) is 6.89. The smallest absolute Gasteiger partial charge is 0.118 e. The van der Waals surface area contributed by atoms with Gasteiger partial charge in [0.15, 0.2) is 0 Å². The molecule has 2 nitrogen and oxygen atoms in total. The van der Waals surface area contributed by atoms with Gasteiger partial charge in [0.05, 0.1) is 0 Å². The van der Waals surface area contributed by atoms with Gasteiger partial charge in [-0.15, -0.1) is 0 Å². The van der Waals surface area contributed by atoms with Crippen molar-refractivity contribution in [3.63, 3.8) is 0 Å². The third-order valence-corrected chi connectivity index (χ3v) is 4.53. The van der Waals surface area contributed by atoms with Crippen molar-refractivity contribution >= 4 is 17.4 Å². The molecular formula is C13H19NOS. The van der Waals surface area contributed by atoms with Gasteiger partial charge in [0.1, 0.15) is 5.75 Å². The molecule has 0 amide bonds. The van der Waals surface area contributed by atoms with Gasteiger partial charge in [-0.05, 0) is 49.3 Å². The number of phenols is 1. The van der Waals surface area contributed by atoms with Gasteiger partial charge < -0.3 is 10.4 Å². The summed E-state index contributed by atoms with van der Waals surface area (Å²) in [4.78, 5) is 0. The lowest BCUT2D eigenvalue weighted by molar-refractivity contribution is 0.471. The number of benzene rings is 1. The van der Waals surface area contributed by atoms with Crippen molar-refractivity contribution in [3.8, 4) is 5.75 Å². The second-order valence-corrected chi connectivity index (χ2v) is 5.96. The van der Waals surface area contributed by atoms with E-state index in [1.165, 1.54) is 18.6 Å². The van der Waals surface area contributed by atoms with Crippen LogP contribution in [0.3, 0.4) is 0 Å². The first-order valence-electron chi connectivity index (χ1n) is 5.84. The van der Waals surface area contributed by atoms with Crippen LogP contribution in [0.5, 0.6) is 5.75 Å². The van der Waals surface area contributed by atoms with Gasteiger partial charge in [-0.25, -0.2) is 0 Å². The highest BCUT2D eigenvalue weighted by Crippen LogP contribution is 2.28. The number of aryl methyl sites for hydroxylation is 1. The topological polar surface area (TPSA) is 32.3 Å². The predicted molar refractivity (Wildman–Crippen MR) is 71.4 cm³/mol. The van der Waals surface area contributed by atoms with Crippen molar-refractivity contribution in [3.05, 3.63) is 23.8 Å². The maximum atomic E-state index is 9.47. The van der Waals surface area contributed by atoms with Crippen LogP contribution < -0.4 is 5.32 Å². The number of hydrogen-bond acceptors (Lipinski definition) is 3. The summed E-state index contributed by atoms with van der Waals surface area (Å²) in [6.45, 7) is 4.22. The van der Waals surface area contributed by atoms with Crippen LogP contribution in [0.25, 0.3) is 0 Å². The van der Waals surface area contributed by atoms with Gasteiger partial charge in [-0.1, -0.05) is 6.92 Å². The van der Waals surface area contributed by atoms with E-state index in [9.17, 15) is 5.11 Å². The number of thioether (sulfide) groups is 1. The Morgan fingerprint density at radius 2 is 2.25 bits per heavy atom. The van der Waals surface area contributed by atoms with Crippen LogP contribution in [0.4, 0.5) is 5.69 Å². The van der Waals surface area contributed by atoms with E-state index < -0.39 is 0 Å². The van der Waals surface area contributed by atoms with Crippen LogP contribution >= 0.6 is 11.8 Å². The van der Waals surface area contributed by atoms with Crippen molar-refractivity contribution in [2.45, 2.75) is 38.0 Å². The number of anilines is 1. The minimum absolute atomic E-state index is 0.372. The van der Waals surface area contributed by atoms with E-state index in [1.54, 1.807) is 6.07 Å². The summed E-state index contributed by atoms with van der Waals surface area (Å²) in [5.41, 5.74) is 2.05. The Kier molecular flexibility index (Phi) is 3.64. The molecule has 0 saturated carbocycles. The lowest BCUT2D eigenvalue weighted by atomic mass is 10.1. The molecule has 1 saturated heterocycles. The maximum absolute atomic E-state index is 9.47. The molecule has 1 aliphatic rings. The fraction of sp³-hybridized carbons (Fsp3) is 0.538. The number of rotatable bonds is 2. The molecule has 1 heterocycles. The third-order valence-electron chi connectivity index (χ3n) is 3.16. The zero-order chi connectivity index (χ0) is 11.5. The second kappa shape index (κ2) is 5.00. The van der Waals surface area contributed by atoms with Gasteiger partial charge >= 0.3 is 0 Å². The molecule has 0 radical (unpaired) electrons. The number of nitrogens with one attached hydrogen (secondary N) is 1. The molecule has 0 bridgehead atoms. The molecule has 3 heteroatoms. The average Bonchev–Trinajstić information content (AvgIpc) is 2.27. The van der Waals surface area contributed by atoms with E-state index in [1.807, 2.05) is 30.8 Å². The summed E-state index contributed by atoms with van der Waals surface area (Å²) in [6.07, 6.45) is 2.54. The van der Waals surface area contributed by atoms with Crippen molar-refractivity contribution < 1.29 is 5.11 Å². The molecule has 1 aromatic carbocycles. The lowest BCUT2D eigenvalue weighted by Gasteiger charge is -2.30. The molecular weight excluding hydrogens is 218 g/mol. The first kappa shape index (κ1) is 11.6. The van der Waals surface area contributed by atoms with Gasteiger partial charge in [-0.3, -0.25) is 0 Å². The molecule has 88 valence electrons. The zero-order valence-electron chi connectivity index (χ0n) is 9.86. The van der Waals surface area contributed by atoms with Crippen LogP contribution in [0.15, 0.2) is 18.2 Å². The van der Waals surface area contributed by atoms with Crippen LogP contribution in [-0.2, 0) is 0 Å². The fourth-order valence-corrected chi connectivity index (χ4v) is 3.21. The molecule has 0 aliphatic carbocycles. The van der Waals surface area contributed by atoms with Gasteiger partial charge in [0.25, 0.3) is 0 Å². The van der Waals surface area contributed by atoms with E-state index in [-0.39, 0.29) is 0 Å². The van der Waals surface area contributed by atoms with Crippen molar-refractivity contribution in [2.75, 3.05) is 11.1 Å². The summed E-state index contributed by atoms with van der Waals surface area (Å²) >= 11 is 2.04. The summed E-state index contributed by atoms with van der Waals surface area (Å²) < 4.78 is 0. The highest BCUT2D eigenvalue weighted by atomic mass is 32.2. The Bertz CT molecular complexity index is 367. The SMILES string of the molecule is Cc1cc(NC2CCCSC2C)ccc1O. The Morgan fingerprint density at radius 1 is 1.44 bits per heavy atom. The molecule has 2 N–H and O–H groups in total. The maximum Gasteiger partial charge on any atom is 0.118 e. The van der Waals surface area contributed by atoms with Gasteiger partial charge in [0, 0.05) is 17.0 Å². The van der Waals surface area contributed by atoms with Crippen LogP contribution in [0.1, 0.15) is 25.3 Å². The summed E-state index contributed by atoms with van der Waals surface area (Å²) in [7, 11) is 0. The quantitative estimate of drug-likeness (QED) is 0.773. The Hall–Kier alpha value is -0.830. The zero-order valence-corrected chi connectivity index (χ0v) is 10.7. The molecule has 1 aromatic rings. The molecule has 0 spiro atoms. The van der Waals surface area contributed by atoms with Gasteiger partial charge in [-0.2, -0.15) is 11.8 Å². The van der Waals surface area contributed by atoms with E-state index in [2.05, 4.69) is 12.2 Å². The fourth-order valence-electron chi connectivity index (χ4n) is 2.07. The van der Waals surface area contributed by atoms with Gasteiger partial charge in [0.2, 0.25) is 0 Å². The normalized spacial score (nSPS) is 25.4. The third kappa shape index (κ3) is 2.64. The molecule has 1 fully saturated rings. The Balaban J connectivity index is 2.05. The minimum Gasteiger partial charge on any atom is -0.508 e. The molecule has 1 aliphatic heterocycles. The molecule has 16 heavy (non-hydrogen) atoms. The minimum atomic E-state index is 0.372. The van der Waals surface area contributed by atoms with Crippen molar-refractivity contribution in [2.24, 2.45) is 0 Å². The van der Waals surface area contributed by atoms with E-state index in [4.69, 9.17) is 0 Å². The van der Waals surface area contributed by atoms with Crippen LogP contribution in [0, 0.1) is 6.92 Å². The first-order chi connectivity index (χ1) is 7.66. The van der Waals surface area contributed by atoms with Crippen LogP contribution in [-0.4, -0.2) is 22.2 Å². The van der Waals surface area contributed by atoms with E-state index >= 15 is 0 Å². The van der Waals surface area contributed by atoms with E-state index in [0.717, 1.165) is 11.3 Å². The largest absolute Gasteiger partial charge is 0.508 e. The standard InChI is InChI=1S/C13H19NOS/c1-9-8-11(5-6-13(9)15)14-12-4-3-7-16-10(12)2/h5-6,8,10,12,14-15H,3-4,7H2,1-2H3. The molecule has 2 rings (SSSR count).